The van der Waals surface area contributed by atoms with Crippen molar-refractivity contribution in [3.05, 3.63) is 66.4 Å². The van der Waals surface area contributed by atoms with Crippen molar-refractivity contribution in [3.8, 4) is 22.7 Å². The molecule has 1 saturated heterocycles. The number of amides is 1. The minimum atomic E-state index is 0.128. The summed E-state index contributed by atoms with van der Waals surface area (Å²) in [5.74, 6) is 1.33. The zero-order valence-electron chi connectivity index (χ0n) is 16.6. The maximum absolute atomic E-state index is 12.9. The molecule has 150 valence electrons. The van der Waals surface area contributed by atoms with Gasteiger partial charge in [0, 0.05) is 30.4 Å². The first-order chi connectivity index (χ1) is 14.2. The van der Waals surface area contributed by atoms with Gasteiger partial charge in [0.1, 0.15) is 5.75 Å². The van der Waals surface area contributed by atoms with E-state index in [0.717, 1.165) is 47.8 Å². The Bertz CT molecular complexity index is 966. The SMILES string of the molecule is COc1ccc(-c2nn(-c3ccccc3)cc2CC(=O)N2CCC(CN)C2)cc1. The first-order valence-corrected chi connectivity index (χ1v) is 9.94. The van der Waals surface area contributed by atoms with Crippen LogP contribution < -0.4 is 10.5 Å². The molecule has 0 spiro atoms. The van der Waals surface area contributed by atoms with Crippen LogP contribution in [-0.2, 0) is 11.2 Å². The molecule has 29 heavy (non-hydrogen) atoms. The van der Waals surface area contributed by atoms with Crippen LogP contribution in [0.25, 0.3) is 16.9 Å². The first-order valence-electron chi connectivity index (χ1n) is 9.94. The van der Waals surface area contributed by atoms with Crippen LogP contribution in [0.5, 0.6) is 5.75 Å². The second kappa shape index (κ2) is 8.49. The molecule has 1 aromatic heterocycles. The fourth-order valence-corrected chi connectivity index (χ4v) is 3.77. The van der Waals surface area contributed by atoms with Gasteiger partial charge in [-0.25, -0.2) is 4.68 Å². The summed E-state index contributed by atoms with van der Waals surface area (Å²) in [6.07, 6.45) is 3.27. The first kappa shape index (κ1) is 19.2. The number of methoxy groups -OCH3 is 1. The van der Waals surface area contributed by atoms with Crippen LogP contribution in [0.1, 0.15) is 12.0 Å². The van der Waals surface area contributed by atoms with E-state index in [4.69, 9.17) is 15.6 Å². The highest BCUT2D eigenvalue weighted by Gasteiger charge is 2.26. The third-order valence-electron chi connectivity index (χ3n) is 5.49. The Labute approximate surface area is 170 Å². The van der Waals surface area contributed by atoms with Gasteiger partial charge in [-0.15, -0.1) is 0 Å². The molecule has 4 rings (SSSR count). The van der Waals surface area contributed by atoms with Crippen LogP contribution in [0.2, 0.25) is 0 Å². The van der Waals surface area contributed by atoms with E-state index in [1.54, 1.807) is 7.11 Å². The lowest BCUT2D eigenvalue weighted by molar-refractivity contribution is -0.129. The number of hydrogen-bond acceptors (Lipinski definition) is 4. The van der Waals surface area contributed by atoms with Crippen molar-refractivity contribution in [2.75, 3.05) is 26.7 Å². The van der Waals surface area contributed by atoms with Crippen molar-refractivity contribution in [1.29, 1.82) is 0 Å². The molecule has 6 heteroatoms. The second-order valence-electron chi connectivity index (χ2n) is 7.42. The lowest BCUT2D eigenvalue weighted by atomic mass is 10.1. The number of ether oxygens (including phenoxy) is 1. The lowest BCUT2D eigenvalue weighted by Crippen LogP contribution is -2.31. The zero-order chi connectivity index (χ0) is 20.2. The van der Waals surface area contributed by atoms with Crippen molar-refractivity contribution in [3.63, 3.8) is 0 Å². The normalized spacial score (nSPS) is 16.2. The molecule has 1 amide bonds. The highest BCUT2D eigenvalue weighted by molar-refractivity contribution is 5.81. The molecule has 1 atom stereocenters. The quantitative estimate of drug-likeness (QED) is 0.702. The standard InChI is InChI=1S/C23H26N4O2/c1-29-21-9-7-18(8-10-21)23-19(13-22(28)26-12-11-17(14-24)15-26)16-27(25-23)20-5-3-2-4-6-20/h2-10,16-17H,11-15,24H2,1H3. The number of carbonyl (C=O) groups is 1. The predicted octanol–water partition coefficient (Wildman–Crippen LogP) is 2.90. The fourth-order valence-electron chi connectivity index (χ4n) is 3.77. The van der Waals surface area contributed by atoms with Gasteiger partial charge in [-0.1, -0.05) is 18.2 Å². The molecular weight excluding hydrogens is 364 g/mol. The average molecular weight is 390 g/mol. The summed E-state index contributed by atoms with van der Waals surface area (Å²) in [7, 11) is 1.65. The summed E-state index contributed by atoms with van der Waals surface area (Å²) in [5.41, 5.74) is 9.44. The van der Waals surface area contributed by atoms with E-state index in [9.17, 15) is 4.79 Å². The Hall–Kier alpha value is -3.12. The number of nitrogens with zero attached hydrogens (tertiary/aromatic N) is 3. The van der Waals surface area contributed by atoms with Crippen LogP contribution >= 0.6 is 0 Å². The Morgan fingerprint density at radius 3 is 2.59 bits per heavy atom. The Morgan fingerprint density at radius 1 is 1.17 bits per heavy atom. The molecular formula is C23H26N4O2. The molecule has 0 aliphatic carbocycles. The van der Waals surface area contributed by atoms with E-state index in [1.165, 1.54) is 0 Å². The molecule has 2 N–H and O–H groups in total. The van der Waals surface area contributed by atoms with Crippen molar-refractivity contribution in [2.45, 2.75) is 12.8 Å². The van der Waals surface area contributed by atoms with Gasteiger partial charge in [0.15, 0.2) is 0 Å². The zero-order valence-corrected chi connectivity index (χ0v) is 16.6. The molecule has 0 bridgehead atoms. The summed E-state index contributed by atoms with van der Waals surface area (Å²) < 4.78 is 7.11. The smallest absolute Gasteiger partial charge is 0.227 e. The number of hydrogen-bond donors (Lipinski definition) is 1. The minimum Gasteiger partial charge on any atom is -0.497 e. The maximum Gasteiger partial charge on any atom is 0.227 e. The van der Waals surface area contributed by atoms with E-state index in [1.807, 2.05) is 70.4 Å². The highest BCUT2D eigenvalue weighted by atomic mass is 16.5. The number of aromatic nitrogens is 2. The molecule has 3 aromatic rings. The molecule has 6 nitrogen and oxygen atoms in total. The van der Waals surface area contributed by atoms with Crippen LogP contribution in [0.4, 0.5) is 0 Å². The third-order valence-corrected chi connectivity index (χ3v) is 5.49. The minimum absolute atomic E-state index is 0.128. The number of nitrogens with two attached hydrogens (primary N) is 1. The van der Waals surface area contributed by atoms with Crippen molar-refractivity contribution in [1.82, 2.24) is 14.7 Å². The molecule has 1 fully saturated rings. The van der Waals surface area contributed by atoms with Gasteiger partial charge in [0.05, 0.1) is 24.9 Å². The monoisotopic (exact) mass is 390 g/mol. The summed E-state index contributed by atoms with van der Waals surface area (Å²) in [4.78, 5) is 14.9. The van der Waals surface area contributed by atoms with E-state index < -0.39 is 0 Å². The van der Waals surface area contributed by atoms with Gasteiger partial charge < -0.3 is 15.4 Å². The summed E-state index contributed by atoms with van der Waals surface area (Å²) in [6, 6.07) is 17.7. The molecule has 2 aromatic carbocycles. The maximum atomic E-state index is 12.9. The molecule has 1 unspecified atom stereocenters. The van der Waals surface area contributed by atoms with E-state index in [-0.39, 0.29) is 5.91 Å². The summed E-state index contributed by atoms with van der Waals surface area (Å²) in [6.45, 7) is 2.16. The Morgan fingerprint density at radius 2 is 1.93 bits per heavy atom. The number of para-hydroxylation sites is 1. The van der Waals surface area contributed by atoms with Crippen LogP contribution in [0, 0.1) is 5.92 Å². The van der Waals surface area contributed by atoms with E-state index in [0.29, 0.717) is 18.9 Å². The van der Waals surface area contributed by atoms with Gasteiger partial charge in [-0.05, 0) is 55.3 Å². The topological polar surface area (TPSA) is 73.4 Å². The van der Waals surface area contributed by atoms with Gasteiger partial charge in [0.2, 0.25) is 5.91 Å². The summed E-state index contributed by atoms with van der Waals surface area (Å²) >= 11 is 0. The average Bonchev–Trinajstić information content (AvgIpc) is 3.42. The second-order valence-corrected chi connectivity index (χ2v) is 7.42. The fraction of sp³-hybridized carbons (Fsp3) is 0.304. The van der Waals surface area contributed by atoms with E-state index >= 15 is 0 Å². The predicted molar refractivity (Wildman–Crippen MR) is 113 cm³/mol. The highest BCUT2D eigenvalue weighted by Crippen LogP contribution is 2.27. The van der Waals surface area contributed by atoms with Crippen molar-refractivity contribution < 1.29 is 9.53 Å². The number of likely N-dealkylation sites (tertiary alicyclic amines) is 1. The number of carbonyl (C=O) groups excluding carboxylic acids is 1. The molecule has 1 aliphatic heterocycles. The van der Waals surface area contributed by atoms with Gasteiger partial charge in [0.25, 0.3) is 0 Å². The van der Waals surface area contributed by atoms with Crippen molar-refractivity contribution in [2.24, 2.45) is 11.7 Å². The summed E-state index contributed by atoms with van der Waals surface area (Å²) in [5, 5.41) is 4.80. The van der Waals surface area contributed by atoms with Gasteiger partial charge in [-0.2, -0.15) is 5.10 Å². The Kier molecular flexibility index (Phi) is 5.62. The molecule has 0 radical (unpaired) electrons. The van der Waals surface area contributed by atoms with E-state index in [2.05, 4.69) is 0 Å². The third kappa shape index (κ3) is 4.17. The van der Waals surface area contributed by atoms with Crippen LogP contribution in [0.15, 0.2) is 60.8 Å². The van der Waals surface area contributed by atoms with Gasteiger partial charge >= 0.3 is 0 Å². The van der Waals surface area contributed by atoms with Gasteiger partial charge in [-0.3, -0.25) is 4.79 Å². The largest absolute Gasteiger partial charge is 0.497 e. The molecule has 1 aliphatic rings. The van der Waals surface area contributed by atoms with Crippen LogP contribution in [-0.4, -0.2) is 47.3 Å². The van der Waals surface area contributed by atoms with Crippen LogP contribution in [0.3, 0.4) is 0 Å². The molecule has 0 saturated carbocycles. The lowest BCUT2D eigenvalue weighted by Gasteiger charge is -2.16. The molecule has 2 heterocycles. The van der Waals surface area contributed by atoms with Crippen molar-refractivity contribution >= 4 is 5.91 Å². The Balaban J connectivity index is 1.65. The number of rotatable bonds is 6. The number of benzene rings is 2.